The summed E-state index contributed by atoms with van der Waals surface area (Å²) < 4.78 is 1.12. The van der Waals surface area contributed by atoms with Gasteiger partial charge in [-0.2, -0.15) is 0 Å². The van der Waals surface area contributed by atoms with E-state index in [1.165, 1.54) is 11.3 Å². The third kappa shape index (κ3) is 3.75. The van der Waals surface area contributed by atoms with E-state index in [9.17, 15) is 4.79 Å². The summed E-state index contributed by atoms with van der Waals surface area (Å²) in [6.07, 6.45) is 0. The summed E-state index contributed by atoms with van der Waals surface area (Å²) in [4.78, 5) is 22.5. The molecule has 0 spiro atoms. The molecule has 0 fully saturated rings. The van der Waals surface area contributed by atoms with E-state index >= 15 is 0 Å². The van der Waals surface area contributed by atoms with E-state index in [2.05, 4.69) is 21.4 Å². The average molecular weight is 428 g/mol. The minimum atomic E-state index is -0.401. The summed E-state index contributed by atoms with van der Waals surface area (Å²) in [6, 6.07) is 27.7. The quantitative estimate of drug-likeness (QED) is 0.364. The van der Waals surface area contributed by atoms with Gasteiger partial charge in [-0.25, -0.2) is 9.97 Å². The van der Waals surface area contributed by atoms with Gasteiger partial charge in [0, 0.05) is 5.38 Å². The molecule has 146 valence electrons. The highest BCUT2D eigenvalue weighted by Gasteiger charge is 2.23. The molecule has 2 aromatic heterocycles. The van der Waals surface area contributed by atoms with Gasteiger partial charge in [0.15, 0.2) is 5.13 Å². The molecule has 30 heavy (non-hydrogen) atoms. The highest BCUT2D eigenvalue weighted by atomic mass is 32.1. The molecule has 0 saturated heterocycles. The van der Waals surface area contributed by atoms with Gasteiger partial charge in [0.25, 0.3) is 0 Å². The van der Waals surface area contributed by atoms with E-state index in [4.69, 9.17) is 0 Å². The summed E-state index contributed by atoms with van der Waals surface area (Å²) in [7, 11) is 0. The van der Waals surface area contributed by atoms with Crippen molar-refractivity contribution < 1.29 is 4.79 Å². The molecule has 0 bridgehead atoms. The van der Waals surface area contributed by atoms with Gasteiger partial charge in [0.2, 0.25) is 5.91 Å². The number of rotatable bonds is 5. The normalized spacial score (nSPS) is 11.1. The van der Waals surface area contributed by atoms with Gasteiger partial charge < -0.3 is 5.32 Å². The molecule has 0 saturated carbocycles. The van der Waals surface area contributed by atoms with Crippen molar-refractivity contribution in [2.24, 2.45) is 0 Å². The van der Waals surface area contributed by atoms with Crippen LogP contribution in [-0.4, -0.2) is 15.9 Å². The Morgan fingerprint density at radius 3 is 2.10 bits per heavy atom. The van der Waals surface area contributed by atoms with Gasteiger partial charge in [-0.1, -0.05) is 72.8 Å². The first-order valence-corrected chi connectivity index (χ1v) is 11.2. The zero-order valence-electron chi connectivity index (χ0n) is 15.9. The van der Waals surface area contributed by atoms with Crippen LogP contribution in [0.25, 0.3) is 20.9 Å². The van der Waals surface area contributed by atoms with Gasteiger partial charge in [0.1, 0.15) is 10.7 Å². The van der Waals surface area contributed by atoms with Crippen LogP contribution in [0.2, 0.25) is 0 Å². The Hall–Kier alpha value is -3.35. The fraction of sp³-hybridized carbons (Fsp3) is 0.0417. The number of hydrogen-bond acceptors (Lipinski definition) is 5. The van der Waals surface area contributed by atoms with Crippen LogP contribution in [0, 0.1) is 0 Å². The van der Waals surface area contributed by atoms with Crippen molar-refractivity contribution >= 4 is 43.9 Å². The summed E-state index contributed by atoms with van der Waals surface area (Å²) in [5, 5.41) is 6.38. The molecule has 1 N–H and O–H groups in total. The molecule has 6 heteroatoms. The molecule has 4 nitrogen and oxygen atoms in total. The number of benzene rings is 3. The van der Waals surface area contributed by atoms with Crippen LogP contribution in [0.15, 0.2) is 90.3 Å². The zero-order chi connectivity index (χ0) is 20.3. The number of hydrogen-bond donors (Lipinski definition) is 1. The SMILES string of the molecule is O=C(Nc1nc(-c2nc3ccccc3s2)cs1)C(c1ccccc1)c1ccccc1. The molecule has 0 unspecified atom stereocenters. The molecule has 0 aliphatic heterocycles. The molecular formula is C24H17N3OS2. The molecule has 0 aliphatic carbocycles. The summed E-state index contributed by atoms with van der Waals surface area (Å²) in [6.45, 7) is 0. The third-order valence-corrected chi connectivity index (χ3v) is 6.59. The topological polar surface area (TPSA) is 54.9 Å². The molecule has 3 aromatic carbocycles. The predicted molar refractivity (Wildman–Crippen MR) is 124 cm³/mol. The summed E-state index contributed by atoms with van der Waals surface area (Å²) in [5.74, 6) is -0.500. The van der Waals surface area contributed by atoms with E-state index < -0.39 is 5.92 Å². The highest BCUT2D eigenvalue weighted by molar-refractivity contribution is 7.22. The number of anilines is 1. The lowest BCUT2D eigenvalue weighted by molar-refractivity contribution is -0.116. The Balaban J connectivity index is 1.42. The number of nitrogens with one attached hydrogen (secondary N) is 1. The van der Waals surface area contributed by atoms with Crippen LogP contribution in [0.4, 0.5) is 5.13 Å². The molecular weight excluding hydrogens is 410 g/mol. The molecule has 0 radical (unpaired) electrons. The summed E-state index contributed by atoms with van der Waals surface area (Å²) >= 11 is 3.02. The maximum Gasteiger partial charge on any atom is 0.238 e. The lowest BCUT2D eigenvalue weighted by Gasteiger charge is -2.17. The number of carbonyl (C=O) groups excluding carboxylic acids is 1. The number of carbonyl (C=O) groups is 1. The Morgan fingerprint density at radius 1 is 0.800 bits per heavy atom. The number of para-hydroxylation sites is 1. The number of thiazole rings is 2. The van der Waals surface area contributed by atoms with Crippen molar-refractivity contribution in [1.29, 1.82) is 0 Å². The Labute approximate surface area is 181 Å². The molecule has 5 rings (SSSR count). The first-order valence-electron chi connectivity index (χ1n) is 9.50. The van der Waals surface area contributed by atoms with Crippen molar-refractivity contribution in [1.82, 2.24) is 9.97 Å². The fourth-order valence-electron chi connectivity index (χ4n) is 3.37. The van der Waals surface area contributed by atoms with E-state index in [0.717, 1.165) is 32.0 Å². The number of aromatic nitrogens is 2. The third-order valence-electron chi connectivity index (χ3n) is 4.78. The minimum absolute atomic E-state index is 0.0994. The molecule has 0 aliphatic rings. The molecule has 5 aromatic rings. The van der Waals surface area contributed by atoms with Crippen LogP contribution in [0.1, 0.15) is 17.0 Å². The number of fused-ring (bicyclic) bond motifs is 1. The second-order valence-electron chi connectivity index (χ2n) is 6.77. The van der Waals surface area contributed by atoms with E-state index in [1.54, 1.807) is 11.3 Å². The van der Waals surface area contributed by atoms with Gasteiger partial charge in [-0.05, 0) is 23.3 Å². The van der Waals surface area contributed by atoms with Crippen LogP contribution in [-0.2, 0) is 4.79 Å². The summed E-state index contributed by atoms with van der Waals surface area (Å²) in [5.41, 5.74) is 3.64. The van der Waals surface area contributed by atoms with E-state index in [-0.39, 0.29) is 5.91 Å². The average Bonchev–Trinajstić information content (AvgIpc) is 3.42. The smallest absolute Gasteiger partial charge is 0.238 e. The number of nitrogens with zero attached hydrogens (tertiary/aromatic N) is 2. The van der Waals surface area contributed by atoms with E-state index in [1.807, 2.05) is 84.2 Å². The minimum Gasteiger partial charge on any atom is -0.301 e. The highest BCUT2D eigenvalue weighted by Crippen LogP contribution is 2.33. The second-order valence-corrected chi connectivity index (χ2v) is 8.66. The van der Waals surface area contributed by atoms with Crippen LogP contribution in [0.5, 0.6) is 0 Å². The van der Waals surface area contributed by atoms with Gasteiger partial charge in [0.05, 0.1) is 16.1 Å². The van der Waals surface area contributed by atoms with Crippen molar-refractivity contribution in [3.63, 3.8) is 0 Å². The van der Waals surface area contributed by atoms with Crippen molar-refractivity contribution in [3.8, 4) is 10.7 Å². The Morgan fingerprint density at radius 2 is 1.43 bits per heavy atom. The monoisotopic (exact) mass is 427 g/mol. The van der Waals surface area contributed by atoms with Crippen molar-refractivity contribution in [3.05, 3.63) is 101 Å². The van der Waals surface area contributed by atoms with E-state index in [0.29, 0.717) is 5.13 Å². The predicted octanol–water partition coefficient (Wildman–Crippen LogP) is 6.19. The van der Waals surface area contributed by atoms with Crippen LogP contribution in [0.3, 0.4) is 0 Å². The Bertz CT molecular complexity index is 1220. The van der Waals surface area contributed by atoms with Crippen molar-refractivity contribution in [2.75, 3.05) is 5.32 Å². The lowest BCUT2D eigenvalue weighted by Crippen LogP contribution is -2.22. The van der Waals surface area contributed by atoms with Gasteiger partial charge >= 0.3 is 0 Å². The van der Waals surface area contributed by atoms with Gasteiger partial charge in [-0.3, -0.25) is 4.79 Å². The molecule has 0 atom stereocenters. The molecule has 2 heterocycles. The van der Waals surface area contributed by atoms with Gasteiger partial charge in [-0.15, -0.1) is 22.7 Å². The molecule has 1 amide bonds. The van der Waals surface area contributed by atoms with Crippen LogP contribution >= 0.6 is 22.7 Å². The van der Waals surface area contributed by atoms with Crippen molar-refractivity contribution in [2.45, 2.75) is 5.92 Å². The first-order chi connectivity index (χ1) is 14.8. The van der Waals surface area contributed by atoms with Crippen LogP contribution < -0.4 is 5.32 Å². The lowest BCUT2D eigenvalue weighted by atomic mass is 9.90. The zero-order valence-corrected chi connectivity index (χ0v) is 17.5. The first kappa shape index (κ1) is 18.7. The standard InChI is InChI=1S/C24H17N3OS2/c28-22(21(16-9-3-1-4-10-16)17-11-5-2-6-12-17)27-24-26-19(15-29-24)23-25-18-13-7-8-14-20(18)30-23/h1-15,21H,(H,26,27,28). The Kier molecular flexibility index (Phi) is 5.09. The fourth-order valence-corrected chi connectivity index (χ4v) is 5.07. The number of amides is 1. The maximum absolute atomic E-state index is 13.2. The second kappa shape index (κ2) is 8.18. The largest absolute Gasteiger partial charge is 0.301 e. The maximum atomic E-state index is 13.2.